The Morgan fingerprint density at radius 1 is 1.17 bits per heavy atom. The van der Waals surface area contributed by atoms with Gasteiger partial charge in [0.05, 0.1) is 6.04 Å². The van der Waals surface area contributed by atoms with E-state index in [9.17, 15) is 18.4 Å². The summed E-state index contributed by atoms with van der Waals surface area (Å²) in [5.41, 5.74) is -0.800. The zero-order valence-electron chi connectivity index (χ0n) is 18.1. The van der Waals surface area contributed by atoms with Crippen molar-refractivity contribution in [3.05, 3.63) is 35.4 Å². The summed E-state index contributed by atoms with van der Waals surface area (Å²) in [7, 11) is 0. The Balaban J connectivity index is 1.73. The van der Waals surface area contributed by atoms with Crippen molar-refractivity contribution in [2.75, 3.05) is 6.54 Å². The van der Waals surface area contributed by atoms with Crippen LogP contribution >= 0.6 is 0 Å². The summed E-state index contributed by atoms with van der Waals surface area (Å²) in [6.07, 6.45) is 2.51. The molecule has 2 heterocycles. The van der Waals surface area contributed by atoms with E-state index in [0.29, 0.717) is 31.4 Å². The lowest BCUT2D eigenvalue weighted by Crippen LogP contribution is -2.55. The summed E-state index contributed by atoms with van der Waals surface area (Å²) in [6.45, 7) is 9.64. The number of carbonyl (C=O) groups excluding carboxylic acids is 2. The van der Waals surface area contributed by atoms with Gasteiger partial charge in [-0.15, -0.1) is 0 Å². The second-order valence-corrected chi connectivity index (χ2v) is 9.57. The van der Waals surface area contributed by atoms with Gasteiger partial charge in [-0.25, -0.2) is 18.6 Å². The maximum Gasteiger partial charge on any atom is 0.410 e. The Hall–Kier alpha value is -2.51. The number of likely N-dealkylation sites (tertiary alicyclic amines) is 1. The number of nitrogens with zero attached hydrogens (tertiary/aromatic N) is 3. The number of hydrogen-bond acceptors (Lipinski definition) is 4. The van der Waals surface area contributed by atoms with Gasteiger partial charge in [-0.05, 0) is 65.2 Å². The zero-order valence-corrected chi connectivity index (χ0v) is 18.1. The van der Waals surface area contributed by atoms with Crippen molar-refractivity contribution in [3.63, 3.8) is 0 Å². The van der Waals surface area contributed by atoms with E-state index in [1.165, 1.54) is 17.1 Å². The molecule has 0 N–H and O–H groups in total. The van der Waals surface area contributed by atoms with Gasteiger partial charge in [0.15, 0.2) is 0 Å². The number of halogens is 2. The zero-order chi connectivity index (χ0) is 22.3. The molecule has 2 aliphatic rings. The summed E-state index contributed by atoms with van der Waals surface area (Å²) >= 11 is 0. The third-order valence-electron chi connectivity index (χ3n) is 5.47. The highest BCUT2D eigenvalue weighted by molar-refractivity contribution is 5.82. The molecule has 1 fully saturated rings. The first-order chi connectivity index (χ1) is 13.9. The van der Waals surface area contributed by atoms with Crippen molar-refractivity contribution in [2.45, 2.75) is 71.1 Å². The van der Waals surface area contributed by atoms with E-state index in [1.54, 1.807) is 11.1 Å². The molecular weight excluding hydrogens is 392 g/mol. The molecule has 1 saturated heterocycles. The normalized spacial score (nSPS) is 23.6. The summed E-state index contributed by atoms with van der Waals surface area (Å²) in [6, 6.07) is 2.74. The lowest BCUT2D eigenvalue weighted by molar-refractivity contribution is -0.141. The fourth-order valence-corrected chi connectivity index (χ4v) is 4.13. The fraction of sp³-hybridized carbons (Fsp3) is 0.591. The van der Waals surface area contributed by atoms with Gasteiger partial charge in [0.1, 0.15) is 17.2 Å². The van der Waals surface area contributed by atoms with Gasteiger partial charge >= 0.3 is 6.09 Å². The highest BCUT2D eigenvalue weighted by Crippen LogP contribution is 2.37. The largest absolute Gasteiger partial charge is 0.444 e. The standard InChI is InChI=1S/C22H29F2N3O3/c1-21(2,3)30-20(29)26-9-7-14(13-22(26,4)5)19(28)27-18(6-8-25-27)15-10-16(23)12-17(24)11-15/h8,10-12,14,18H,6-7,9,13H2,1-5H3. The van der Waals surface area contributed by atoms with Gasteiger partial charge in [0, 0.05) is 36.7 Å². The minimum absolute atomic E-state index is 0.199. The van der Waals surface area contributed by atoms with Crippen LogP contribution in [-0.4, -0.2) is 45.8 Å². The fourth-order valence-electron chi connectivity index (χ4n) is 4.13. The lowest BCUT2D eigenvalue weighted by atomic mass is 9.82. The van der Waals surface area contributed by atoms with Gasteiger partial charge in [-0.2, -0.15) is 5.10 Å². The summed E-state index contributed by atoms with van der Waals surface area (Å²) in [5.74, 6) is -1.92. The molecule has 0 bridgehead atoms. The Labute approximate surface area is 175 Å². The van der Waals surface area contributed by atoms with E-state index >= 15 is 0 Å². The second-order valence-electron chi connectivity index (χ2n) is 9.57. The Morgan fingerprint density at radius 2 is 1.80 bits per heavy atom. The average Bonchev–Trinajstić information content (AvgIpc) is 3.07. The van der Waals surface area contributed by atoms with Crippen molar-refractivity contribution < 1.29 is 23.1 Å². The molecule has 3 rings (SSSR count). The van der Waals surface area contributed by atoms with E-state index in [1.807, 2.05) is 34.6 Å². The number of hydrazone groups is 1. The van der Waals surface area contributed by atoms with E-state index in [-0.39, 0.29) is 11.8 Å². The highest BCUT2D eigenvalue weighted by Gasteiger charge is 2.44. The van der Waals surface area contributed by atoms with Crippen LogP contribution in [0, 0.1) is 17.6 Å². The first-order valence-corrected chi connectivity index (χ1v) is 10.2. The van der Waals surface area contributed by atoms with Crippen LogP contribution in [0.2, 0.25) is 0 Å². The van der Waals surface area contributed by atoms with Crippen LogP contribution in [0.25, 0.3) is 0 Å². The first-order valence-electron chi connectivity index (χ1n) is 10.2. The number of piperidine rings is 1. The van der Waals surface area contributed by atoms with Crippen molar-refractivity contribution in [3.8, 4) is 0 Å². The summed E-state index contributed by atoms with van der Waals surface area (Å²) < 4.78 is 32.8. The molecule has 1 aromatic carbocycles. The predicted molar refractivity (Wildman–Crippen MR) is 109 cm³/mol. The lowest BCUT2D eigenvalue weighted by Gasteiger charge is -2.45. The van der Waals surface area contributed by atoms with Gasteiger partial charge < -0.3 is 9.64 Å². The Bertz CT molecular complexity index is 843. The molecule has 0 spiro atoms. The molecule has 30 heavy (non-hydrogen) atoms. The SMILES string of the molecule is CC(C)(C)OC(=O)N1CCC(C(=O)N2N=CCC2c2cc(F)cc(F)c2)CC1(C)C. The monoisotopic (exact) mass is 421 g/mol. The number of rotatable bonds is 2. The summed E-state index contributed by atoms with van der Waals surface area (Å²) in [4.78, 5) is 27.5. The molecule has 0 aromatic heterocycles. The molecule has 2 amide bonds. The number of benzene rings is 1. The highest BCUT2D eigenvalue weighted by atomic mass is 19.1. The Kier molecular flexibility index (Phi) is 5.89. The minimum atomic E-state index is -0.684. The van der Waals surface area contributed by atoms with Gasteiger partial charge in [0.2, 0.25) is 5.91 Å². The van der Waals surface area contributed by atoms with Gasteiger partial charge in [-0.1, -0.05) is 0 Å². The van der Waals surface area contributed by atoms with Crippen molar-refractivity contribution in [1.29, 1.82) is 0 Å². The number of amides is 2. The van der Waals surface area contributed by atoms with Crippen molar-refractivity contribution in [1.82, 2.24) is 9.91 Å². The minimum Gasteiger partial charge on any atom is -0.444 e. The average molecular weight is 421 g/mol. The van der Waals surface area contributed by atoms with E-state index in [4.69, 9.17) is 4.74 Å². The third-order valence-corrected chi connectivity index (χ3v) is 5.47. The smallest absolute Gasteiger partial charge is 0.410 e. The maximum atomic E-state index is 13.7. The first kappa shape index (κ1) is 22.2. The molecule has 0 saturated carbocycles. The third kappa shape index (κ3) is 4.79. The molecule has 2 atom stereocenters. The molecule has 0 radical (unpaired) electrons. The number of carbonyl (C=O) groups is 2. The van der Waals surface area contributed by atoms with Crippen molar-refractivity contribution in [2.24, 2.45) is 11.0 Å². The molecule has 8 heteroatoms. The number of ether oxygens (including phenoxy) is 1. The van der Waals surface area contributed by atoms with Gasteiger partial charge in [-0.3, -0.25) is 4.79 Å². The van der Waals surface area contributed by atoms with E-state index in [0.717, 1.165) is 6.07 Å². The predicted octanol–water partition coefficient (Wildman–Crippen LogP) is 4.65. The van der Waals surface area contributed by atoms with Crippen LogP contribution in [0.5, 0.6) is 0 Å². The number of hydrogen-bond donors (Lipinski definition) is 0. The molecular formula is C22H29F2N3O3. The maximum absolute atomic E-state index is 13.7. The molecule has 164 valence electrons. The molecule has 6 nitrogen and oxygen atoms in total. The quantitative estimate of drug-likeness (QED) is 0.698. The van der Waals surface area contributed by atoms with Crippen LogP contribution in [0.1, 0.15) is 65.5 Å². The summed E-state index contributed by atoms with van der Waals surface area (Å²) in [5, 5.41) is 5.52. The molecule has 2 aliphatic heterocycles. The van der Waals surface area contributed by atoms with Crippen LogP contribution in [0.15, 0.2) is 23.3 Å². The topological polar surface area (TPSA) is 62.2 Å². The Morgan fingerprint density at radius 3 is 2.37 bits per heavy atom. The molecule has 0 aliphatic carbocycles. The van der Waals surface area contributed by atoms with Gasteiger partial charge in [0.25, 0.3) is 0 Å². The van der Waals surface area contributed by atoms with Crippen LogP contribution in [0.4, 0.5) is 13.6 Å². The van der Waals surface area contributed by atoms with E-state index in [2.05, 4.69) is 5.10 Å². The van der Waals surface area contributed by atoms with E-state index < -0.39 is 34.9 Å². The van der Waals surface area contributed by atoms with Crippen LogP contribution < -0.4 is 0 Å². The van der Waals surface area contributed by atoms with Crippen LogP contribution in [0.3, 0.4) is 0 Å². The van der Waals surface area contributed by atoms with Crippen LogP contribution in [-0.2, 0) is 9.53 Å². The van der Waals surface area contributed by atoms with Crippen molar-refractivity contribution >= 4 is 18.2 Å². The molecule has 1 aromatic rings. The molecule has 2 unspecified atom stereocenters. The second kappa shape index (κ2) is 7.96.